The van der Waals surface area contributed by atoms with Gasteiger partial charge in [0.25, 0.3) is 11.8 Å². The highest BCUT2D eigenvalue weighted by molar-refractivity contribution is 5.97. The molecule has 2 fully saturated rings. The quantitative estimate of drug-likeness (QED) is 0.375. The van der Waals surface area contributed by atoms with Gasteiger partial charge in [0.1, 0.15) is 18.1 Å². The normalized spacial score (nSPS) is 17.7. The number of rotatable bonds is 12. The Kier molecular flexibility index (Phi) is 10.4. The van der Waals surface area contributed by atoms with Gasteiger partial charge in [-0.1, -0.05) is 51.0 Å². The minimum atomic E-state index is -0.354. The number of hydrogen-bond donors (Lipinski definition) is 2. The maximum atomic E-state index is 13.7. The summed E-state index contributed by atoms with van der Waals surface area (Å²) in [6, 6.07) is 5.00. The molecule has 2 aromatic rings. The number of oxazole rings is 1. The summed E-state index contributed by atoms with van der Waals surface area (Å²) in [7, 11) is 3.16. The van der Waals surface area contributed by atoms with Gasteiger partial charge < -0.3 is 24.7 Å². The summed E-state index contributed by atoms with van der Waals surface area (Å²) in [6.45, 7) is 1.18. The van der Waals surface area contributed by atoms with Crippen molar-refractivity contribution >= 4 is 17.7 Å². The largest absolute Gasteiger partial charge is 0.497 e. The number of hydrogen-bond acceptors (Lipinski definition) is 6. The van der Waals surface area contributed by atoms with E-state index in [0.717, 1.165) is 30.7 Å². The molecule has 0 radical (unpaired) electrons. The van der Waals surface area contributed by atoms with E-state index in [9.17, 15) is 14.4 Å². The number of amides is 3. The second kappa shape index (κ2) is 14.1. The molecule has 39 heavy (non-hydrogen) atoms. The fraction of sp³-hybridized carbons (Fsp3) is 0.600. The Morgan fingerprint density at radius 2 is 1.92 bits per heavy atom. The Morgan fingerprint density at radius 1 is 1.10 bits per heavy atom. The molecule has 1 saturated carbocycles. The molecule has 1 aliphatic carbocycles. The number of likely N-dealkylation sites (tertiary alicyclic amines) is 1. The maximum Gasteiger partial charge on any atom is 0.273 e. The molecule has 2 N–H and O–H groups in total. The zero-order chi connectivity index (χ0) is 27.6. The summed E-state index contributed by atoms with van der Waals surface area (Å²) in [5.41, 5.74) is 1.53. The van der Waals surface area contributed by atoms with E-state index in [4.69, 9.17) is 9.15 Å². The molecule has 1 aromatic carbocycles. The van der Waals surface area contributed by atoms with Crippen molar-refractivity contribution in [2.45, 2.75) is 83.1 Å². The highest BCUT2D eigenvalue weighted by Crippen LogP contribution is 2.34. The van der Waals surface area contributed by atoms with Crippen LogP contribution >= 0.6 is 0 Å². The first-order valence-corrected chi connectivity index (χ1v) is 14.4. The van der Waals surface area contributed by atoms with Crippen LogP contribution < -0.4 is 15.4 Å². The van der Waals surface area contributed by atoms with E-state index < -0.39 is 0 Å². The first kappa shape index (κ1) is 28.6. The number of aromatic nitrogens is 1. The zero-order valence-corrected chi connectivity index (χ0v) is 23.3. The number of carbonyl (C=O) groups excluding carboxylic acids is 3. The first-order valence-electron chi connectivity index (χ1n) is 14.4. The number of nitrogens with zero attached hydrogens (tertiary/aromatic N) is 2. The summed E-state index contributed by atoms with van der Waals surface area (Å²) in [5, 5.41) is 5.58. The molecule has 0 bridgehead atoms. The number of nitrogens with one attached hydrogen (secondary N) is 2. The molecule has 1 saturated heterocycles. The lowest BCUT2D eigenvalue weighted by Gasteiger charge is -2.24. The maximum absolute atomic E-state index is 13.7. The van der Waals surface area contributed by atoms with Crippen LogP contribution in [0.3, 0.4) is 0 Å². The van der Waals surface area contributed by atoms with E-state index in [1.807, 2.05) is 6.07 Å². The second-order valence-corrected chi connectivity index (χ2v) is 10.7. The van der Waals surface area contributed by atoms with E-state index in [1.54, 1.807) is 31.2 Å². The molecule has 1 atom stereocenters. The molecule has 1 aromatic heterocycles. The van der Waals surface area contributed by atoms with E-state index in [0.29, 0.717) is 43.1 Å². The average molecular weight is 539 g/mol. The summed E-state index contributed by atoms with van der Waals surface area (Å²) in [4.78, 5) is 44.4. The molecular weight excluding hydrogens is 496 g/mol. The van der Waals surface area contributed by atoms with Gasteiger partial charge in [0.15, 0.2) is 5.69 Å². The zero-order valence-electron chi connectivity index (χ0n) is 23.3. The monoisotopic (exact) mass is 538 g/mol. The second-order valence-electron chi connectivity index (χ2n) is 10.7. The number of methoxy groups -OCH3 is 1. The van der Waals surface area contributed by atoms with Crippen LogP contribution in [0, 0.1) is 5.92 Å². The third kappa shape index (κ3) is 7.61. The highest BCUT2D eigenvalue weighted by Gasteiger charge is 2.35. The lowest BCUT2D eigenvalue weighted by molar-refractivity contribution is -0.120. The van der Waals surface area contributed by atoms with Gasteiger partial charge >= 0.3 is 0 Å². The molecule has 0 spiro atoms. The summed E-state index contributed by atoms with van der Waals surface area (Å²) in [5.74, 6) is 1.31. The number of benzene rings is 1. The molecule has 0 unspecified atom stereocenters. The van der Waals surface area contributed by atoms with Crippen LogP contribution in [0.1, 0.15) is 109 Å². The third-order valence-electron chi connectivity index (χ3n) is 8.05. The third-order valence-corrected chi connectivity index (χ3v) is 8.05. The Labute approximate surface area is 231 Å². The lowest BCUT2D eigenvalue weighted by Crippen LogP contribution is -2.32. The van der Waals surface area contributed by atoms with Gasteiger partial charge in [-0.2, -0.15) is 0 Å². The predicted octanol–water partition coefficient (Wildman–Crippen LogP) is 4.82. The van der Waals surface area contributed by atoms with Crippen molar-refractivity contribution in [3.63, 3.8) is 0 Å². The molecule has 9 heteroatoms. The SMILES string of the molecule is CNC(=O)CCc1ccc(OC)cc1C(=O)N1CCC[C@H]1c1nc(C(=O)NCCCCC2CCCCC2)co1. The number of carbonyl (C=O) groups is 3. The average Bonchev–Trinajstić information content (AvgIpc) is 3.66. The highest BCUT2D eigenvalue weighted by atomic mass is 16.5. The standard InChI is InChI=1S/C30H42N4O5/c1-31-27(35)16-14-22-13-15-23(38-2)19-24(22)30(37)34-18-8-12-26(34)29-33-25(20-39-29)28(36)32-17-7-6-11-21-9-4-3-5-10-21/h13,15,19-21,26H,3-12,14,16-18H2,1-2H3,(H,31,35)(H,32,36)/t26-/m0/s1. The van der Waals surface area contributed by atoms with Crippen LogP contribution in [-0.2, 0) is 11.2 Å². The number of unbranched alkanes of at least 4 members (excludes halogenated alkanes) is 1. The summed E-state index contributed by atoms with van der Waals surface area (Å²) < 4.78 is 11.1. The van der Waals surface area contributed by atoms with Gasteiger partial charge in [-0.3, -0.25) is 14.4 Å². The molecule has 9 nitrogen and oxygen atoms in total. The van der Waals surface area contributed by atoms with E-state index >= 15 is 0 Å². The number of aryl methyl sites for hydroxylation is 1. The Morgan fingerprint density at radius 3 is 2.69 bits per heavy atom. The molecule has 2 heterocycles. The molecule has 3 amide bonds. The fourth-order valence-electron chi connectivity index (χ4n) is 5.77. The van der Waals surface area contributed by atoms with Crippen LogP contribution in [0.2, 0.25) is 0 Å². The molecule has 2 aliphatic rings. The topological polar surface area (TPSA) is 114 Å². The Bertz CT molecular complexity index is 1120. The van der Waals surface area contributed by atoms with Crippen molar-refractivity contribution in [3.8, 4) is 5.75 Å². The van der Waals surface area contributed by atoms with Crippen molar-refractivity contribution in [2.75, 3.05) is 27.2 Å². The van der Waals surface area contributed by atoms with Gasteiger partial charge in [-0.05, 0) is 49.3 Å². The van der Waals surface area contributed by atoms with Gasteiger partial charge in [-0.25, -0.2) is 4.98 Å². The molecule has 212 valence electrons. The van der Waals surface area contributed by atoms with Crippen LogP contribution in [0.5, 0.6) is 5.75 Å². The minimum Gasteiger partial charge on any atom is -0.497 e. The van der Waals surface area contributed by atoms with E-state index in [1.165, 1.54) is 44.8 Å². The summed E-state index contributed by atoms with van der Waals surface area (Å²) in [6.07, 6.45) is 13.7. The van der Waals surface area contributed by atoms with Crippen LogP contribution in [-0.4, -0.2) is 54.9 Å². The van der Waals surface area contributed by atoms with Crippen LogP contribution in [0.15, 0.2) is 28.9 Å². The van der Waals surface area contributed by atoms with Gasteiger partial charge in [-0.15, -0.1) is 0 Å². The molecule has 1 aliphatic heterocycles. The fourth-order valence-corrected chi connectivity index (χ4v) is 5.77. The predicted molar refractivity (Wildman–Crippen MR) is 148 cm³/mol. The number of ether oxygens (including phenoxy) is 1. The Hall–Kier alpha value is -3.36. The van der Waals surface area contributed by atoms with Gasteiger partial charge in [0.05, 0.1) is 7.11 Å². The van der Waals surface area contributed by atoms with Crippen LogP contribution in [0.4, 0.5) is 0 Å². The van der Waals surface area contributed by atoms with Gasteiger partial charge in [0, 0.05) is 32.1 Å². The lowest BCUT2D eigenvalue weighted by atomic mass is 9.86. The van der Waals surface area contributed by atoms with Crippen molar-refractivity contribution in [2.24, 2.45) is 5.92 Å². The van der Waals surface area contributed by atoms with Gasteiger partial charge in [0.2, 0.25) is 11.8 Å². The Balaban J connectivity index is 1.35. The molecular formula is C30H42N4O5. The van der Waals surface area contributed by atoms with E-state index in [2.05, 4.69) is 15.6 Å². The molecule has 4 rings (SSSR count). The van der Waals surface area contributed by atoms with Crippen molar-refractivity contribution in [3.05, 3.63) is 47.2 Å². The van der Waals surface area contributed by atoms with E-state index in [-0.39, 0.29) is 35.9 Å². The van der Waals surface area contributed by atoms with Crippen molar-refractivity contribution < 1.29 is 23.5 Å². The minimum absolute atomic E-state index is 0.0851. The first-order chi connectivity index (χ1) is 19.0. The van der Waals surface area contributed by atoms with Crippen molar-refractivity contribution in [1.29, 1.82) is 0 Å². The van der Waals surface area contributed by atoms with Crippen LogP contribution in [0.25, 0.3) is 0 Å². The smallest absolute Gasteiger partial charge is 0.273 e. The summed E-state index contributed by atoms with van der Waals surface area (Å²) >= 11 is 0. The van der Waals surface area contributed by atoms with Crippen molar-refractivity contribution in [1.82, 2.24) is 20.5 Å².